The molecule has 19 heavy (non-hydrogen) atoms. The third-order valence-corrected chi connectivity index (χ3v) is 3.19. The van der Waals surface area contributed by atoms with Crippen molar-refractivity contribution in [3.8, 4) is 0 Å². The van der Waals surface area contributed by atoms with Crippen LogP contribution in [0.15, 0.2) is 30.3 Å². The molecule has 5 heteroatoms. The summed E-state index contributed by atoms with van der Waals surface area (Å²) in [6.45, 7) is 1.90. The number of nitrogens with one attached hydrogen (secondary N) is 1. The Bertz CT molecular complexity index is 460. The van der Waals surface area contributed by atoms with Crippen LogP contribution in [0.2, 0.25) is 0 Å². The smallest absolute Gasteiger partial charge is 0.330 e. The fourth-order valence-electron chi connectivity index (χ4n) is 2.16. The molecule has 2 N–H and O–H groups in total. The topological polar surface area (TPSA) is 75.6 Å². The summed E-state index contributed by atoms with van der Waals surface area (Å²) in [6.07, 6.45) is 0.964. The summed E-state index contributed by atoms with van der Waals surface area (Å²) < 4.78 is 5.43. The molecule has 2 rings (SSSR count). The van der Waals surface area contributed by atoms with Gasteiger partial charge in [-0.3, -0.25) is 4.79 Å². The van der Waals surface area contributed by atoms with E-state index < -0.39 is 18.1 Å². The predicted octanol–water partition coefficient (Wildman–Crippen LogP) is 1.50. The number of carbonyl (C=O) groups excluding carboxylic acids is 1. The van der Waals surface area contributed by atoms with Crippen LogP contribution < -0.4 is 5.32 Å². The van der Waals surface area contributed by atoms with Crippen molar-refractivity contribution in [2.24, 2.45) is 0 Å². The van der Waals surface area contributed by atoms with Gasteiger partial charge < -0.3 is 15.2 Å². The molecule has 0 spiro atoms. The molecular formula is C14H17NO4. The third-order valence-electron chi connectivity index (χ3n) is 3.19. The number of amides is 1. The van der Waals surface area contributed by atoms with Gasteiger partial charge in [0.1, 0.15) is 6.10 Å². The quantitative estimate of drug-likeness (QED) is 0.863. The third kappa shape index (κ3) is 3.32. The number of hydrogen-bond acceptors (Lipinski definition) is 3. The Kier molecular flexibility index (Phi) is 4.16. The Morgan fingerprint density at radius 3 is 2.53 bits per heavy atom. The van der Waals surface area contributed by atoms with Crippen molar-refractivity contribution in [2.45, 2.75) is 38.0 Å². The summed E-state index contributed by atoms with van der Waals surface area (Å²) in [6, 6.07) is 7.60. The fraction of sp³-hybridized carbons (Fsp3) is 0.429. The first kappa shape index (κ1) is 13.5. The molecule has 0 aliphatic carbocycles. The van der Waals surface area contributed by atoms with E-state index in [2.05, 4.69) is 5.32 Å². The van der Waals surface area contributed by atoms with Crippen molar-refractivity contribution >= 4 is 11.9 Å². The first-order valence-corrected chi connectivity index (χ1v) is 6.31. The van der Waals surface area contributed by atoms with E-state index in [1.807, 2.05) is 6.92 Å². The normalized spacial score (nSPS) is 23.8. The van der Waals surface area contributed by atoms with Crippen LogP contribution in [0.25, 0.3) is 0 Å². The molecule has 0 radical (unpaired) electrons. The van der Waals surface area contributed by atoms with Crippen LogP contribution in [-0.4, -0.2) is 29.2 Å². The molecule has 3 atom stereocenters. The summed E-state index contributed by atoms with van der Waals surface area (Å²) in [5.74, 6) is -1.44. The second-order valence-electron chi connectivity index (χ2n) is 4.70. The summed E-state index contributed by atoms with van der Waals surface area (Å²) in [7, 11) is 0. The van der Waals surface area contributed by atoms with E-state index in [1.165, 1.54) is 0 Å². The Balaban J connectivity index is 2.05. The van der Waals surface area contributed by atoms with Gasteiger partial charge in [-0.1, -0.05) is 30.3 Å². The lowest BCUT2D eigenvalue weighted by atomic mass is 10.1. The Hall–Kier alpha value is -1.88. The molecule has 1 aromatic rings. The SMILES string of the molecule is CC1CCC(C(=O)N[C@H](C(=O)O)c2ccccc2)O1. The molecule has 102 valence electrons. The second-order valence-corrected chi connectivity index (χ2v) is 4.70. The number of carbonyl (C=O) groups is 2. The van der Waals surface area contributed by atoms with E-state index in [1.54, 1.807) is 30.3 Å². The van der Waals surface area contributed by atoms with Crippen LogP contribution in [0.1, 0.15) is 31.4 Å². The van der Waals surface area contributed by atoms with Gasteiger partial charge in [0.25, 0.3) is 0 Å². The van der Waals surface area contributed by atoms with Crippen LogP contribution in [0.4, 0.5) is 0 Å². The van der Waals surface area contributed by atoms with Crippen LogP contribution in [0.5, 0.6) is 0 Å². The number of hydrogen-bond donors (Lipinski definition) is 2. The average molecular weight is 263 g/mol. The maximum absolute atomic E-state index is 12.0. The molecule has 0 saturated carbocycles. The molecule has 0 bridgehead atoms. The van der Waals surface area contributed by atoms with Crippen molar-refractivity contribution in [1.82, 2.24) is 5.32 Å². The van der Waals surface area contributed by atoms with E-state index in [0.29, 0.717) is 12.0 Å². The van der Waals surface area contributed by atoms with E-state index >= 15 is 0 Å². The summed E-state index contributed by atoms with van der Waals surface area (Å²) >= 11 is 0. The number of carboxylic acid groups (broad SMARTS) is 1. The molecule has 1 aliphatic rings. The standard InChI is InChI=1S/C14H17NO4/c1-9-7-8-11(19-9)13(16)15-12(14(17)18)10-5-3-2-4-6-10/h2-6,9,11-12H,7-8H2,1H3,(H,15,16)(H,17,18)/t9?,11?,12-/m0/s1. The molecular weight excluding hydrogens is 246 g/mol. The zero-order valence-corrected chi connectivity index (χ0v) is 10.7. The van der Waals surface area contributed by atoms with Gasteiger partial charge in [-0.15, -0.1) is 0 Å². The van der Waals surface area contributed by atoms with Gasteiger partial charge in [0, 0.05) is 0 Å². The van der Waals surface area contributed by atoms with Crippen molar-refractivity contribution in [1.29, 1.82) is 0 Å². The number of carboxylic acids is 1. The molecule has 1 fully saturated rings. The second kappa shape index (κ2) is 5.84. The number of benzene rings is 1. The minimum absolute atomic E-state index is 0.0516. The number of rotatable bonds is 4. The summed E-state index contributed by atoms with van der Waals surface area (Å²) in [5.41, 5.74) is 0.550. The highest BCUT2D eigenvalue weighted by Gasteiger charge is 2.31. The minimum atomic E-state index is -1.08. The van der Waals surface area contributed by atoms with Gasteiger partial charge in [0.15, 0.2) is 6.04 Å². The lowest BCUT2D eigenvalue weighted by molar-refractivity contribution is -0.144. The molecule has 1 aromatic carbocycles. The van der Waals surface area contributed by atoms with Crippen LogP contribution >= 0.6 is 0 Å². The zero-order valence-electron chi connectivity index (χ0n) is 10.7. The van der Waals surface area contributed by atoms with Crippen molar-refractivity contribution < 1.29 is 19.4 Å². The molecule has 2 unspecified atom stereocenters. The minimum Gasteiger partial charge on any atom is -0.479 e. The van der Waals surface area contributed by atoms with Crippen LogP contribution in [0.3, 0.4) is 0 Å². The highest BCUT2D eigenvalue weighted by Crippen LogP contribution is 2.20. The lowest BCUT2D eigenvalue weighted by Crippen LogP contribution is -2.40. The van der Waals surface area contributed by atoms with E-state index in [-0.39, 0.29) is 12.0 Å². The van der Waals surface area contributed by atoms with Crippen LogP contribution in [-0.2, 0) is 14.3 Å². The first-order chi connectivity index (χ1) is 9.08. The zero-order chi connectivity index (χ0) is 13.8. The molecule has 1 aliphatic heterocycles. The molecule has 1 amide bonds. The predicted molar refractivity (Wildman–Crippen MR) is 68.5 cm³/mol. The van der Waals surface area contributed by atoms with Crippen LogP contribution in [0, 0.1) is 0 Å². The summed E-state index contributed by atoms with van der Waals surface area (Å²) in [5, 5.41) is 11.7. The van der Waals surface area contributed by atoms with Gasteiger partial charge in [0.05, 0.1) is 6.10 Å². The summed E-state index contributed by atoms with van der Waals surface area (Å²) in [4.78, 5) is 23.2. The highest BCUT2D eigenvalue weighted by atomic mass is 16.5. The van der Waals surface area contributed by atoms with E-state index in [0.717, 1.165) is 6.42 Å². The molecule has 0 aromatic heterocycles. The number of ether oxygens (including phenoxy) is 1. The van der Waals surface area contributed by atoms with Crippen molar-refractivity contribution in [3.05, 3.63) is 35.9 Å². The van der Waals surface area contributed by atoms with Gasteiger partial charge in [0.2, 0.25) is 5.91 Å². The van der Waals surface area contributed by atoms with Crippen molar-refractivity contribution in [3.63, 3.8) is 0 Å². The van der Waals surface area contributed by atoms with Gasteiger partial charge in [-0.25, -0.2) is 4.79 Å². The Labute approximate surface area is 111 Å². The molecule has 5 nitrogen and oxygen atoms in total. The Morgan fingerprint density at radius 2 is 2.00 bits per heavy atom. The molecule has 1 saturated heterocycles. The first-order valence-electron chi connectivity index (χ1n) is 6.31. The maximum atomic E-state index is 12.0. The highest BCUT2D eigenvalue weighted by molar-refractivity contribution is 5.87. The average Bonchev–Trinajstić information content (AvgIpc) is 2.83. The Morgan fingerprint density at radius 1 is 1.32 bits per heavy atom. The van der Waals surface area contributed by atoms with E-state index in [4.69, 9.17) is 4.74 Å². The largest absolute Gasteiger partial charge is 0.479 e. The monoisotopic (exact) mass is 263 g/mol. The van der Waals surface area contributed by atoms with Gasteiger partial charge in [-0.05, 0) is 25.3 Å². The van der Waals surface area contributed by atoms with E-state index in [9.17, 15) is 14.7 Å². The fourth-order valence-corrected chi connectivity index (χ4v) is 2.16. The molecule has 1 heterocycles. The number of aliphatic carboxylic acids is 1. The van der Waals surface area contributed by atoms with Crippen molar-refractivity contribution in [2.75, 3.05) is 0 Å². The lowest BCUT2D eigenvalue weighted by Gasteiger charge is -2.17. The van der Waals surface area contributed by atoms with Gasteiger partial charge >= 0.3 is 5.97 Å². The van der Waals surface area contributed by atoms with Gasteiger partial charge in [-0.2, -0.15) is 0 Å². The maximum Gasteiger partial charge on any atom is 0.330 e.